The predicted octanol–water partition coefficient (Wildman–Crippen LogP) is 4.97. The normalized spacial score (nSPS) is 29.9. The van der Waals surface area contributed by atoms with Gasteiger partial charge in [-0.05, 0) is 72.3 Å². The summed E-state index contributed by atoms with van der Waals surface area (Å²) in [5, 5.41) is 21.5. The Morgan fingerprint density at radius 1 is 1.03 bits per heavy atom. The van der Waals surface area contributed by atoms with Crippen molar-refractivity contribution in [2.45, 2.75) is 31.2 Å². The number of aromatic nitrogens is 4. The lowest BCUT2D eigenvalue weighted by atomic mass is 9.67. The van der Waals surface area contributed by atoms with Gasteiger partial charge in [-0.1, -0.05) is 17.7 Å². The van der Waals surface area contributed by atoms with E-state index >= 15 is 0 Å². The van der Waals surface area contributed by atoms with E-state index in [0.717, 1.165) is 39.0 Å². The van der Waals surface area contributed by atoms with Gasteiger partial charge >= 0.3 is 0 Å². The van der Waals surface area contributed by atoms with Crippen molar-refractivity contribution in [1.82, 2.24) is 20.4 Å². The van der Waals surface area contributed by atoms with Crippen molar-refractivity contribution in [3.63, 3.8) is 0 Å². The van der Waals surface area contributed by atoms with Gasteiger partial charge in [0.15, 0.2) is 5.82 Å². The van der Waals surface area contributed by atoms with Gasteiger partial charge in [-0.15, -0.1) is 0 Å². The number of fused-ring (bicyclic) bond motifs is 10. The van der Waals surface area contributed by atoms with Crippen molar-refractivity contribution in [3.05, 3.63) is 46.6 Å². The van der Waals surface area contributed by atoms with Gasteiger partial charge in [0.25, 0.3) is 0 Å². The first-order valence-corrected chi connectivity index (χ1v) is 10.7. The maximum absolute atomic E-state index is 6.78. The number of H-pyrrole nitrogens is 2. The lowest BCUT2D eigenvalue weighted by Crippen LogP contribution is -2.35. The minimum Gasteiger partial charge on any atom is -0.382 e. The molecule has 0 saturated heterocycles. The predicted molar refractivity (Wildman–Crippen MR) is 115 cm³/mol. The lowest BCUT2D eigenvalue weighted by Gasteiger charge is -2.44. The number of anilines is 2. The van der Waals surface area contributed by atoms with Crippen molar-refractivity contribution in [3.8, 4) is 0 Å². The van der Waals surface area contributed by atoms with Crippen LogP contribution in [0.3, 0.4) is 0 Å². The Morgan fingerprint density at radius 3 is 2.83 bits per heavy atom. The smallest absolute Gasteiger partial charge is 0.153 e. The van der Waals surface area contributed by atoms with Gasteiger partial charge in [-0.3, -0.25) is 10.2 Å². The first kappa shape index (κ1) is 16.1. The molecule has 3 heterocycles. The highest BCUT2D eigenvalue weighted by Gasteiger charge is 2.54. The molecule has 5 atom stereocenters. The maximum Gasteiger partial charge on any atom is 0.153 e. The Morgan fingerprint density at radius 2 is 1.90 bits per heavy atom. The van der Waals surface area contributed by atoms with E-state index in [9.17, 15) is 0 Å². The van der Waals surface area contributed by atoms with Crippen molar-refractivity contribution in [2.24, 2.45) is 17.8 Å². The zero-order valence-electron chi connectivity index (χ0n) is 15.7. The van der Waals surface area contributed by atoms with Gasteiger partial charge in [0.2, 0.25) is 0 Å². The van der Waals surface area contributed by atoms with Crippen molar-refractivity contribution in [1.29, 1.82) is 0 Å². The zero-order chi connectivity index (χ0) is 19.3. The Balaban J connectivity index is 1.45. The molecule has 2 aromatic heterocycles. The Bertz CT molecular complexity index is 1290. The third-order valence-electron chi connectivity index (χ3n) is 7.71. The molecule has 0 spiro atoms. The van der Waals surface area contributed by atoms with Crippen molar-refractivity contribution >= 4 is 44.9 Å². The second kappa shape index (κ2) is 5.45. The van der Waals surface area contributed by atoms with E-state index in [1.54, 1.807) is 0 Å². The number of nitrogen functional groups attached to an aromatic ring is 1. The number of nitrogens with zero attached hydrogens (tertiary/aromatic N) is 2. The lowest BCUT2D eigenvalue weighted by molar-refractivity contribution is 0.249. The van der Waals surface area contributed by atoms with Crippen LogP contribution in [0, 0.1) is 17.8 Å². The summed E-state index contributed by atoms with van der Waals surface area (Å²) >= 11 is 6.78. The van der Waals surface area contributed by atoms with Gasteiger partial charge in [0.1, 0.15) is 0 Å². The summed E-state index contributed by atoms with van der Waals surface area (Å²) in [6, 6.07) is 8.72. The number of nitrogens with one attached hydrogen (secondary N) is 3. The summed E-state index contributed by atoms with van der Waals surface area (Å²) in [7, 11) is 0. The van der Waals surface area contributed by atoms with Crippen LogP contribution in [-0.4, -0.2) is 20.4 Å². The molecule has 2 bridgehead atoms. The molecular weight excluding hydrogens is 384 g/mol. The second-order valence-electron chi connectivity index (χ2n) is 8.95. The van der Waals surface area contributed by atoms with E-state index in [2.05, 4.69) is 43.9 Å². The standard InChI is InChI=1S/C22H21ClN6/c23-14-7-16-13(8-25-27-16)19-17-9-1-2-10(5-9)18(17)20(26-21(14)19)11-3-4-12-15(6-11)28-29-22(12)24/h3-4,6-10,17-18,20,26H,1-2,5H2,(H,25,27)(H3,24,28,29)/t9-,10-,17+,18-,20+/m1/s1. The molecule has 3 aliphatic rings. The summed E-state index contributed by atoms with van der Waals surface area (Å²) in [5.41, 5.74) is 11.7. The minimum atomic E-state index is 0.235. The van der Waals surface area contributed by atoms with Crippen LogP contribution in [0.15, 0.2) is 30.5 Å². The van der Waals surface area contributed by atoms with Crippen LogP contribution in [0.4, 0.5) is 11.5 Å². The topological polar surface area (TPSA) is 95.4 Å². The van der Waals surface area contributed by atoms with Gasteiger partial charge in [0.05, 0.1) is 34.0 Å². The summed E-state index contributed by atoms with van der Waals surface area (Å²) in [5.74, 6) is 3.12. The summed E-state index contributed by atoms with van der Waals surface area (Å²) in [6.45, 7) is 0. The fourth-order valence-electron chi connectivity index (χ4n) is 6.63. The second-order valence-corrected chi connectivity index (χ2v) is 9.36. The van der Waals surface area contributed by atoms with Gasteiger partial charge in [-0.2, -0.15) is 10.2 Å². The minimum absolute atomic E-state index is 0.235. The van der Waals surface area contributed by atoms with Crippen molar-refractivity contribution < 1.29 is 0 Å². The highest BCUT2D eigenvalue weighted by molar-refractivity contribution is 6.34. The molecule has 5 N–H and O–H groups in total. The zero-order valence-corrected chi connectivity index (χ0v) is 16.5. The average molecular weight is 405 g/mol. The quantitative estimate of drug-likeness (QED) is 0.360. The van der Waals surface area contributed by atoms with Gasteiger partial charge in [0, 0.05) is 10.8 Å². The molecular formula is C22H21ClN6. The third-order valence-corrected chi connectivity index (χ3v) is 8.01. The number of rotatable bonds is 1. The molecule has 7 rings (SSSR count). The molecule has 7 heteroatoms. The van der Waals surface area contributed by atoms with Gasteiger partial charge < -0.3 is 11.1 Å². The number of hydrogen-bond donors (Lipinski definition) is 4. The van der Waals surface area contributed by atoms with E-state index in [0.29, 0.717) is 17.7 Å². The Hall–Kier alpha value is -2.73. The van der Waals surface area contributed by atoms with Crippen LogP contribution < -0.4 is 11.1 Å². The SMILES string of the molecule is Nc1n[nH]c2cc([C@@H]3Nc4c(Cl)cc5[nH]ncc5c4[C@H]4[C@@H]5CC[C@H](C5)[C@H]43)ccc12. The summed E-state index contributed by atoms with van der Waals surface area (Å²) < 4.78 is 0. The van der Waals surface area contributed by atoms with E-state index in [1.165, 1.54) is 35.8 Å². The number of nitrogens with two attached hydrogens (primary N) is 1. The highest BCUT2D eigenvalue weighted by Crippen LogP contribution is 2.65. The van der Waals surface area contributed by atoms with Crippen LogP contribution in [0.5, 0.6) is 0 Å². The van der Waals surface area contributed by atoms with Crippen LogP contribution in [0.1, 0.15) is 42.3 Å². The number of halogens is 1. The van der Waals surface area contributed by atoms with Crippen LogP contribution in [-0.2, 0) is 0 Å². The molecule has 2 aromatic carbocycles. The molecule has 0 amide bonds. The van der Waals surface area contributed by atoms with E-state index < -0.39 is 0 Å². The van der Waals surface area contributed by atoms with Crippen molar-refractivity contribution in [2.75, 3.05) is 11.1 Å². The third kappa shape index (κ3) is 2.02. The molecule has 29 heavy (non-hydrogen) atoms. The molecule has 6 nitrogen and oxygen atoms in total. The Kier molecular flexibility index (Phi) is 3.03. The fourth-order valence-corrected chi connectivity index (χ4v) is 6.89. The molecule has 2 fully saturated rings. The molecule has 146 valence electrons. The first-order chi connectivity index (χ1) is 14.2. The summed E-state index contributed by atoms with van der Waals surface area (Å²) in [6.07, 6.45) is 5.93. The van der Waals surface area contributed by atoms with E-state index in [1.807, 2.05) is 12.3 Å². The number of benzene rings is 2. The van der Waals surface area contributed by atoms with Crippen LogP contribution in [0.25, 0.3) is 21.8 Å². The largest absolute Gasteiger partial charge is 0.382 e. The molecule has 0 unspecified atom stereocenters. The number of aromatic amines is 2. The highest BCUT2D eigenvalue weighted by atomic mass is 35.5. The first-order valence-electron chi connectivity index (χ1n) is 10.3. The molecule has 2 aliphatic carbocycles. The molecule has 1 aliphatic heterocycles. The Labute approximate surface area is 172 Å². The summed E-state index contributed by atoms with van der Waals surface area (Å²) in [4.78, 5) is 0. The maximum atomic E-state index is 6.78. The van der Waals surface area contributed by atoms with E-state index in [-0.39, 0.29) is 6.04 Å². The van der Waals surface area contributed by atoms with Crippen LogP contribution in [0.2, 0.25) is 5.02 Å². The number of hydrogen-bond acceptors (Lipinski definition) is 4. The average Bonchev–Trinajstić information content (AvgIpc) is 3.51. The molecule has 0 radical (unpaired) electrons. The molecule has 2 saturated carbocycles. The van der Waals surface area contributed by atoms with E-state index in [4.69, 9.17) is 17.3 Å². The monoisotopic (exact) mass is 404 g/mol. The van der Waals surface area contributed by atoms with Gasteiger partial charge in [-0.25, -0.2) is 0 Å². The molecule has 4 aromatic rings. The van der Waals surface area contributed by atoms with Crippen LogP contribution >= 0.6 is 11.6 Å². The fraction of sp³-hybridized carbons (Fsp3) is 0.364.